The summed E-state index contributed by atoms with van der Waals surface area (Å²) in [5, 5.41) is 10.7. The maximum absolute atomic E-state index is 10.1. The Hall–Kier alpha value is -1.10. The number of carbonyl (C=O) groups excluding carboxylic acids is 1. The van der Waals surface area contributed by atoms with Crippen LogP contribution in [0.1, 0.15) is 13.8 Å². The number of hydrogen-bond acceptors (Lipinski definition) is 3. The number of aliphatic carboxylic acids is 1. The minimum atomic E-state index is -0.817. The van der Waals surface area contributed by atoms with E-state index < -0.39 is 12.0 Å². The topological polar surface area (TPSA) is 69.6 Å². The first-order valence-corrected chi connectivity index (χ1v) is 3.90. The Balaban J connectivity index is 0. The zero-order valence-electron chi connectivity index (χ0n) is 8.79. The number of hydrogen-bond donors (Lipinski definition) is 2. The molecule has 5 heteroatoms. The molecule has 5 nitrogen and oxygen atoms in total. The summed E-state index contributed by atoms with van der Waals surface area (Å²) in [5.74, 6) is -0.725. The average molecular weight is 190 g/mol. The molecule has 13 heavy (non-hydrogen) atoms. The number of rotatable bonds is 2. The van der Waals surface area contributed by atoms with Gasteiger partial charge in [-0.25, -0.2) is 0 Å². The lowest BCUT2D eigenvalue weighted by Crippen LogP contribution is -2.29. The molecule has 1 atom stereocenters. The summed E-state index contributed by atoms with van der Waals surface area (Å²) in [5.41, 5.74) is 0. The Bertz CT molecular complexity index is 169. The number of likely N-dealkylation sites (N-methyl/N-ethyl adjacent to an activating group) is 1. The second kappa shape index (κ2) is 7.54. The van der Waals surface area contributed by atoms with Crippen molar-refractivity contribution in [3.05, 3.63) is 0 Å². The third kappa shape index (κ3) is 10.9. The van der Waals surface area contributed by atoms with Crippen molar-refractivity contribution >= 4 is 11.9 Å². The van der Waals surface area contributed by atoms with Crippen LogP contribution in [-0.2, 0) is 9.59 Å². The van der Waals surface area contributed by atoms with Crippen LogP contribution in [-0.4, -0.2) is 49.1 Å². The van der Waals surface area contributed by atoms with E-state index >= 15 is 0 Å². The highest BCUT2D eigenvalue weighted by Gasteiger charge is 2.04. The molecule has 0 radical (unpaired) electrons. The van der Waals surface area contributed by atoms with Crippen LogP contribution < -0.4 is 5.32 Å². The number of nitrogens with zero attached hydrogens (tertiary/aromatic N) is 1. The first-order chi connectivity index (χ1) is 5.82. The maximum Gasteiger partial charge on any atom is 0.320 e. The summed E-state index contributed by atoms with van der Waals surface area (Å²) in [6.45, 7) is 3.11. The molecule has 0 aromatic rings. The Morgan fingerprint density at radius 3 is 1.69 bits per heavy atom. The molecule has 0 spiro atoms. The molecule has 0 aliphatic rings. The van der Waals surface area contributed by atoms with Gasteiger partial charge in [0.2, 0.25) is 5.91 Å². The lowest BCUT2D eigenvalue weighted by molar-refractivity contribution is -0.138. The molecule has 0 bridgehead atoms. The van der Waals surface area contributed by atoms with Crippen LogP contribution in [0, 0.1) is 0 Å². The van der Waals surface area contributed by atoms with Gasteiger partial charge in [-0.2, -0.15) is 0 Å². The molecule has 0 aromatic carbocycles. The summed E-state index contributed by atoms with van der Waals surface area (Å²) >= 11 is 0. The van der Waals surface area contributed by atoms with Crippen molar-refractivity contribution in [3.8, 4) is 0 Å². The van der Waals surface area contributed by atoms with Crippen LogP contribution in [0.3, 0.4) is 0 Å². The summed E-state index contributed by atoms with van der Waals surface area (Å²) in [7, 11) is 5.06. The van der Waals surface area contributed by atoms with Crippen molar-refractivity contribution in [1.29, 1.82) is 0 Å². The lowest BCUT2D eigenvalue weighted by atomic mass is 10.4. The van der Waals surface area contributed by atoms with Gasteiger partial charge in [0, 0.05) is 21.0 Å². The van der Waals surface area contributed by atoms with Crippen LogP contribution in [0.2, 0.25) is 0 Å². The molecule has 0 unspecified atom stereocenters. The molecule has 0 rings (SSSR count). The first-order valence-electron chi connectivity index (χ1n) is 3.90. The number of carboxylic acid groups (broad SMARTS) is 1. The maximum atomic E-state index is 10.1. The van der Waals surface area contributed by atoms with Crippen LogP contribution in [0.25, 0.3) is 0 Å². The minimum Gasteiger partial charge on any atom is -0.480 e. The van der Waals surface area contributed by atoms with Gasteiger partial charge in [-0.05, 0) is 14.0 Å². The lowest BCUT2D eigenvalue weighted by Gasteiger charge is -2.02. The van der Waals surface area contributed by atoms with Gasteiger partial charge in [0.05, 0.1) is 0 Å². The van der Waals surface area contributed by atoms with E-state index in [1.165, 1.54) is 11.8 Å². The fourth-order valence-corrected chi connectivity index (χ4v) is 0.123. The predicted molar refractivity (Wildman–Crippen MR) is 50.5 cm³/mol. The second-order valence-corrected chi connectivity index (χ2v) is 2.76. The molecule has 0 aromatic heterocycles. The fraction of sp³-hybridized carbons (Fsp3) is 0.750. The summed E-state index contributed by atoms with van der Waals surface area (Å²) < 4.78 is 0. The molecule has 0 fully saturated rings. The van der Waals surface area contributed by atoms with Gasteiger partial charge >= 0.3 is 5.97 Å². The third-order valence-corrected chi connectivity index (χ3v) is 1.43. The van der Waals surface area contributed by atoms with Gasteiger partial charge < -0.3 is 15.3 Å². The number of amides is 1. The number of carboxylic acids is 1. The van der Waals surface area contributed by atoms with Crippen LogP contribution in [0.5, 0.6) is 0 Å². The molecular formula is C8H18N2O3. The molecular weight excluding hydrogens is 172 g/mol. The van der Waals surface area contributed by atoms with Crippen molar-refractivity contribution in [2.75, 3.05) is 21.1 Å². The van der Waals surface area contributed by atoms with E-state index in [-0.39, 0.29) is 5.91 Å². The van der Waals surface area contributed by atoms with E-state index in [1.54, 1.807) is 28.1 Å². The van der Waals surface area contributed by atoms with Crippen molar-refractivity contribution < 1.29 is 14.7 Å². The average Bonchev–Trinajstić information content (AvgIpc) is 2.03. The Morgan fingerprint density at radius 1 is 1.38 bits per heavy atom. The monoisotopic (exact) mass is 190 g/mol. The smallest absolute Gasteiger partial charge is 0.320 e. The van der Waals surface area contributed by atoms with Gasteiger partial charge in [0.15, 0.2) is 0 Å². The van der Waals surface area contributed by atoms with Crippen molar-refractivity contribution in [3.63, 3.8) is 0 Å². The molecule has 0 saturated carbocycles. The highest BCUT2D eigenvalue weighted by molar-refractivity contribution is 5.72. The van der Waals surface area contributed by atoms with E-state index in [0.717, 1.165) is 0 Å². The summed E-state index contributed by atoms with van der Waals surface area (Å²) in [6, 6.07) is -0.431. The van der Waals surface area contributed by atoms with E-state index in [4.69, 9.17) is 5.11 Å². The largest absolute Gasteiger partial charge is 0.480 e. The molecule has 78 valence electrons. The van der Waals surface area contributed by atoms with Gasteiger partial charge in [0.1, 0.15) is 6.04 Å². The first kappa shape index (κ1) is 14.4. The normalized spacial score (nSPS) is 10.8. The Labute approximate surface area is 78.7 Å². The molecule has 1 amide bonds. The minimum absolute atomic E-state index is 0.0926. The van der Waals surface area contributed by atoms with E-state index in [1.807, 2.05) is 0 Å². The molecule has 0 aliphatic carbocycles. The molecule has 0 aliphatic heterocycles. The summed E-state index contributed by atoms with van der Waals surface area (Å²) in [4.78, 5) is 21.5. The van der Waals surface area contributed by atoms with Crippen molar-refractivity contribution in [2.24, 2.45) is 0 Å². The zero-order valence-corrected chi connectivity index (χ0v) is 8.79. The second-order valence-electron chi connectivity index (χ2n) is 2.76. The number of nitrogens with one attached hydrogen (secondary N) is 1. The van der Waals surface area contributed by atoms with E-state index in [9.17, 15) is 9.59 Å². The van der Waals surface area contributed by atoms with Gasteiger partial charge in [-0.15, -0.1) is 0 Å². The molecule has 2 N–H and O–H groups in total. The van der Waals surface area contributed by atoms with Crippen molar-refractivity contribution in [2.45, 2.75) is 19.9 Å². The Kier molecular flexibility index (Phi) is 8.37. The fourth-order valence-electron chi connectivity index (χ4n) is 0.123. The molecule has 0 saturated heterocycles. The highest BCUT2D eigenvalue weighted by atomic mass is 16.4. The zero-order chi connectivity index (χ0) is 11.0. The predicted octanol–water partition coefficient (Wildman–Crippen LogP) is -0.227. The van der Waals surface area contributed by atoms with Gasteiger partial charge in [-0.1, -0.05) is 0 Å². The number of carbonyl (C=O) groups is 2. The van der Waals surface area contributed by atoms with Gasteiger partial charge in [0.25, 0.3) is 0 Å². The highest BCUT2D eigenvalue weighted by Crippen LogP contribution is 1.74. The van der Waals surface area contributed by atoms with Crippen LogP contribution in [0.4, 0.5) is 0 Å². The van der Waals surface area contributed by atoms with Crippen molar-refractivity contribution in [1.82, 2.24) is 10.2 Å². The summed E-state index contributed by atoms with van der Waals surface area (Å²) in [6.07, 6.45) is 0. The van der Waals surface area contributed by atoms with Crippen LogP contribution >= 0.6 is 0 Å². The van der Waals surface area contributed by atoms with Gasteiger partial charge in [-0.3, -0.25) is 9.59 Å². The standard InChI is InChI=1S/C4H9NO2.C4H9NO/c1-3(5-2)4(6)7;1-4(6)5(2)3/h3,5H,1-2H3,(H,6,7);1-3H3/t3-;/m0./s1. The van der Waals surface area contributed by atoms with E-state index in [0.29, 0.717) is 0 Å². The quantitative estimate of drug-likeness (QED) is 0.631. The Morgan fingerprint density at radius 2 is 1.69 bits per heavy atom. The third-order valence-electron chi connectivity index (χ3n) is 1.43. The SMILES string of the molecule is CC(=O)N(C)C.CN[C@@H](C)C(=O)O. The van der Waals surface area contributed by atoms with Crippen LogP contribution in [0.15, 0.2) is 0 Å². The van der Waals surface area contributed by atoms with E-state index in [2.05, 4.69) is 5.32 Å². The molecule has 0 heterocycles.